The fourth-order valence-corrected chi connectivity index (χ4v) is 2.58. The lowest BCUT2D eigenvalue weighted by Crippen LogP contribution is -2.46. The Labute approximate surface area is 114 Å². The van der Waals surface area contributed by atoms with Crippen molar-refractivity contribution in [3.05, 3.63) is 32.6 Å². The lowest BCUT2D eigenvalue weighted by atomic mass is 10.1. The number of ether oxygens (including phenoxy) is 1. The Morgan fingerprint density at radius 1 is 1.63 bits per heavy atom. The van der Waals surface area contributed by atoms with E-state index >= 15 is 0 Å². The number of thiol groups is 1. The first-order chi connectivity index (χ1) is 8.93. The molecule has 1 aromatic rings. The van der Waals surface area contributed by atoms with Crippen molar-refractivity contribution in [1.29, 1.82) is 0 Å². The smallest absolute Gasteiger partial charge is 0.330 e. The SMILES string of the molecule is Cc1cn([C@@]2(CS)C[C@H](O)[C@@H](CO)O2)c(=O)[nH]c1=O. The van der Waals surface area contributed by atoms with Crippen LogP contribution in [0.15, 0.2) is 15.8 Å². The Balaban J connectivity index is 2.52. The molecule has 0 radical (unpaired) electrons. The molecule has 106 valence electrons. The molecule has 8 heteroatoms. The number of nitrogens with zero attached hydrogens (tertiary/aromatic N) is 1. The van der Waals surface area contributed by atoms with Gasteiger partial charge in [0.25, 0.3) is 5.56 Å². The predicted molar refractivity (Wildman–Crippen MR) is 70.5 cm³/mol. The Kier molecular flexibility index (Phi) is 3.86. The van der Waals surface area contributed by atoms with Gasteiger partial charge in [0.1, 0.15) is 6.10 Å². The quantitative estimate of drug-likeness (QED) is 0.511. The maximum absolute atomic E-state index is 11.9. The molecule has 0 bridgehead atoms. The summed E-state index contributed by atoms with van der Waals surface area (Å²) in [6.07, 6.45) is -0.167. The molecule has 7 nitrogen and oxygen atoms in total. The third-order valence-electron chi connectivity index (χ3n) is 3.31. The zero-order valence-electron chi connectivity index (χ0n) is 10.4. The van der Waals surface area contributed by atoms with Crippen LogP contribution in [0, 0.1) is 6.92 Å². The fourth-order valence-electron chi connectivity index (χ4n) is 2.23. The summed E-state index contributed by atoms with van der Waals surface area (Å²) < 4.78 is 6.80. The van der Waals surface area contributed by atoms with Gasteiger partial charge >= 0.3 is 5.69 Å². The molecule has 1 fully saturated rings. The summed E-state index contributed by atoms with van der Waals surface area (Å²) in [4.78, 5) is 25.4. The van der Waals surface area contributed by atoms with Gasteiger partial charge < -0.3 is 14.9 Å². The molecule has 2 rings (SSSR count). The van der Waals surface area contributed by atoms with Gasteiger partial charge in [0, 0.05) is 23.9 Å². The monoisotopic (exact) mass is 288 g/mol. The number of aryl methyl sites for hydroxylation is 1. The van der Waals surface area contributed by atoms with Crippen molar-refractivity contribution in [3.63, 3.8) is 0 Å². The van der Waals surface area contributed by atoms with Crippen LogP contribution in [0.2, 0.25) is 0 Å². The van der Waals surface area contributed by atoms with Gasteiger partial charge in [0.05, 0.1) is 12.7 Å². The topological polar surface area (TPSA) is 105 Å². The van der Waals surface area contributed by atoms with Gasteiger partial charge in [0.15, 0.2) is 5.72 Å². The van der Waals surface area contributed by atoms with Crippen molar-refractivity contribution in [2.45, 2.75) is 31.3 Å². The van der Waals surface area contributed by atoms with Crippen LogP contribution in [0.25, 0.3) is 0 Å². The molecule has 0 aromatic carbocycles. The average Bonchev–Trinajstić information content (AvgIpc) is 2.71. The molecule has 0 aliphatic carbocycles. The number of aromatic nitrogens is 2. The fraction of sp³-hybridized carbons (Fsp3) is 0.636. The van der Waals surface area contributed by atoms with E-state index in [4.69, 9.17) is 9.84 Å². The van der Waals surface area contributed by atoms with Gasteiger partial charge in [-0.05, 0) is 6.92 Å². The summed E-state index contributed by atoms with van der Waals surface area (Å²) in [6, 6.07) is 0. The largest absolute Gasteiger partial charge is 0.394 e. The number of aliphatic hydroxyl groups is 2. The normalized spacial score (nSPS) is 30.7. The second kappa shape index (κ2) is 5.12. The number of rotatable bonds is 3. The molecule has 0 saturated carbocycles. The first-order valence-corrected chi connectivity index (χ1v) is 6.47. The number of hydrogen-bond donors (Lipinski definition) is 4. The molecule has 0 spiro atoms. The van der Waals surface area contributed by atoms with Crippen molar-refractivity contribution in [2.75, 3.05) is 12.4 Å². The average molecular weight is 288 g/mol. The Morgan fingerprint density at radius 2 is 2.32 bits per heavy atom. The zero-order valence-corrected chi connectivity index (χ0v) is 11.3. The molecule has 0 unspecified atom stereocenters. The van der Waals surface area contributed by atoms with Crippen molar-refractivity contribution < 1.29 is 14.9 Å². The lowest BCUT2D eigenvalue weighted by molar-refractivity contribution is -0.104. The summed E-state index contributed by atoms with van der Waals surface area (Å²) in [5.74, 6) is 0.131. The minimum Gasteiger partial charge on any atom is -0.394 e. The molecule has 1 aliphatic rings. The van der Waals surface area contributed by atoms with Gasteiger partial charge in [-0.15, -0.1) is 0 Å². The minimum absolute atomic E-state index is 0.118. The van der Waals surface area contributed by atoms with Crippen LogP contribution < -0.4 is 11.2 Å². The minimum atomic E-state index is -1.16. The van der Waals surface area contributed by atoms with Crippen LogP contribution in [0.1, 0.15) is 12.0 Å². The summed E-state index contributed by atoms with van der Waals surface area (Å²) in [5, 5.41) is 18.9. The Hall–Kier alpha value is -1.09. The highest BCUT2D eigenvalue weighted by molar-refractivity contribution is 7.80. The predicted octanol–water partition coefficient (Wildman–Crippen LogP) is -1.43. The standard InChI is InChI=1S/C11H16N2O5S/c1-6-3-13(10(17)12-9(6)16)11(5-19)2-7(15)8(4-14)18-11/h3,7-8,14-15,19H,2,4-5H2,1H3,(H,12,16,17)/t7-,8+,11-/m0/s1. The summed E-state index contributed by atoms with van der Waals surface area (Å²) in [5.41, 5.74) is -1.91. The van der Waals surface area contributed by atoms with Gasteiger partial charge in [-0.1, -0.05) is 0 Å². The van der Waals surface area contributed by atoms with E-state index in [1.807, 2.05) is 0 Å². The van der Waals surface area contributed by atoms with Crippen LogP contribution in [0.5, 0.6) is 0 Å². The summed E-state index contributed by atoms with van der Waals surface area (Å²) in [6.45, 7) is 1.21. The highest BCUT2D eigenvalue weighted by atomic mass is 32.1. The molecule has 3 N–H and O–H groups in total. The number of nitrogens with one attached hydrogen (secondary N) is 1. The lowest BCUT2D eigenvalue weighted by Gasteiger charge is -2.29. The van der Waals surface area contributed by atoms with Crippen molar-refractivity contribution in [3.8, 4) is 0 Å². The maximum Gasteiger partial charge on any atom is 0.330 e. The van der Waals surface area contributed by atoms with Crippen molar-refractivity contribution in [2.24, 2.45) is 0 Å². The third kappa shape index (κ3) is 2.36. The first kappa shape index (κ1) is 14.3. The molecule has 0 amide bonds. The van der Waals surface area contributed by atoms with Crippen LogP contribution in [-0.2, 0) is 10.5 Å². The second-order valence-electron chi connectivity index (χ2n) is 4.66. The highest BCUT2D eigenvalue weighted by Gasteiger charge is 2.47. The number of aromatic amines is 1. The van der Waals surface area contributed by atoms with E-state index in [0.29, 0.717) is 5.56 Å². The summed E-state index contributed by atoms with van der Waals surface area (Å²) in [7, 11) is 0. The van der Waals surface area contributed by atoms with E-state index < -0.39 is 29.2 Å². The van der Waals surface area contributed by atoms with E-state index in [1.165, 1.54) is 10.8 Å². The molecule has 1 aromatic heterocycles. The van der Waals surface area contributed by atoms with Gasteiger partial charge in [-0.25, -0.2) is 4.79 Å². The molecule has 1 aliphatic heterocycles. The number of aliphatic hydroxyl groups excluding tert-OH is 2. The van der Waals surface area contributed by atoms with E-state index in [-0.39, 0.29) is 18.8 Å². The molecule has 19 heavy (non-hydrogen) atoms. The van der Waals surface area contributed by atoms with Crippen molar-refractivity contribution in [1.82, 2.24) is 9.55 Å². The van der Waals surface area contributed by atoms with Gasteiger partial charge in [-0.3, -0.25) is 14.3 Å². The first-order valence-electron chi connectivity index (χ1n) is 5.84. The van der Waals surface area contributed by atoms with E-state index in [0.717, 1.165) is 0 Å². The van der Waals surface area contributed by atoms with Crippen molar-refractivity contribution >= 4 is 12.6 Å². The molecule has 2 heterocycles. The molecular formula is C11H16N2O5S. The molecular weight excluding hydrogens is 272 g/mol. The number of hydrogen-bond acceptors (Lipinski definition) is 6. The van der Waals surface area contributed by atoms with Crippen LogP contribution >= 0.6 is 12.6 Å². The third-order valence-corrected chi connectivity index (χ3v) is 3.81. The van der Waals surface area contributed by atoms with Gasteiger partial charge in [0.2, 0.25) is 0 Å². The molecule has 3 atom stereocenters. The van der Waals surface area contributed by atoms with Crippen LogP contribution in [-0.4, -0.2) is 44.3 Å². The summed E-state index contributed by atoms with van der Waals surface area (Å²) >= 11 is 4.17. The van der Waals surface area contributed by atoms with E-state index in [9.17, 15) is 14.7 Å². The van der Waals surface area contributed by atoms with Crippen LogP contribution in [0.4, 0.5) is 0 Å². The maximum atomic E-state index is 11.9. The Bertz CT molecular complexity index is 583. The van der Waals surface area contributed by atoms with Crippen LogP contribution in [0.3, 0.4) is 0 Å². The van der Waals surface area contributed by atoms with E-state index in [2.05, 4.69) is 17.6 Å². The molecule has 1 saturated heterocycles. The van der Waals surface area contributed by atoms with E-state index in [1.54, 1.807) is 6.92 Å². The highest BCUT2D eigenvalue weighted by Crippen LogP contribution is 2.35. The zero-order chi connectivity index (χ0) is 14.2. The van der Waals surface area contributed by atoms with Gasteiger partial charge in [-0.2, -0.15) is 12.6 Å². The number of H-pyrrole nitrogens is 1. The Morgan fingerprint density at radius 3 is 2.84 bits per heavy atom. The second-order valence-corrected chi connectivity index (χ2v) is 4.97.